The van der Waals surface area contributed by atoms with Gasteiger partial charge in [0.1, 0.15) is 5.69 Å². The van der Waals surface area contributed by atoms with Gasteiger partial charge in [0.25, 0.3) is 5.89 Å². The van der Waals surface area contributed by atoms with Crippen LogP contribution in [0.3, 0.4) is 0 Å². The third-order valence-electron chi connectivity index (χ3n) is 3.85. The van der Waals surface area contributed by atoms with E-state index >= 15 is 0 Å². The van der Waals surface area contributed by atoms with Gasteiger partial charge in [0.05, 0.1) is 12.2 Å². The summed E-state index contributed by atoms with van der Waals surface area (Å²) >= 11 is 0. The Morgan fingerprint density at radius 1 is 1.04 bits per heavy atom. The lowest BCUT2D eigenvalue weighted by atomic mass is 10.2. The smallest absolute Gasteiger partial charge is 0.264 e. The summed E-state index contributed by atoms with van der Waals surface area (Å²) in [6.07, 6.45) is 2.54. The predicted octanol–water partition coefficient (Wildman–Crippen LogP) is 3.70. The molecule has 0 bridgehead atoms. The summed E-state index contributed by atoms with van der Waals surface area (Å²) in [4.78, 5) is 4.43. The molecule has 0 amide bonds. The van der Waals surface area contributed by atoms with Crippen LogP contribution in [0.15, 0.2) is 59.1 Å². The molecular formula is C18H16N4O. The lowest BCUT2D eigenvalue weighted by Gasteiger charge is -2.08. The number of nitrogens with zero attached hydrogens (tertiary/aromatic N) is 4. The Kier molecular flexibility index (Phi) is 3.38. The van der Waals surface area contributed by atoms with Crippen LogP contribution < -0.4 is 0 Å². The molecular weight excluding hydrogens is 288 g/mol. The third kappa shape index (κ3) is 2.50. The van der Waals surface area contributed by atoms with Crippen molar-refractivity contribution in [3.8, 4) is 11.6 Å². The molecule has 114 valence electrons. The third-order valence-corrected chi connectivity index (χ3v) is 3.85. The van der Waals surface area contributed by atoms with Gasteiger partial charge >= 0.3 is 0 Å². The number of hydrogen-bond donors (Lipinski definition) is 0. The zero-order chi connectivity index (χ0) is 15.6. The highest BCUT2D eigenvalue weighted by Crippen LogP contribution is 2.28. The van der Waals surface area contributed by atoms with E-state index in [1.165, 1.54) is 0 Å². The summed E-state index contributed by atoms with van der Waals surface area (Å²) < 4.78 is 7.93. The van der Waals surface area contributed by atoms with Gasteiger partial charge in [-0.25, -0.2) is 0 Å². The van der Waals surface area contributed by atoms with Crippen molar-refractivity contribution in [1.29, 1.82) is 0 Å². The monoisotopic (exact) mass is 304 g/mol. The van der Waals surface area contributed by atoms with Crippen LogP contribution in [0.1, 0.15) is 18.5 Å². The van der Waals surface area contributed by atoms with Crippen molar-refractivity contribution in [1.82, 2.24) is 19.7 Å². The minimum atomic E-state index is 0.550. The minimum Gasteiger partial charge on any atom is -0.419 e. The maximum Gasteiger partial charge on any atom is 0.264 e. The summed E-state index contributed by atoms with van der Waals surface area (Å²) in [5, 5.41) is 9.43. The SMILES string of the molecule is CCc1nnc(-c2cc3ccccc3n2Cc2ccccn2)o1. The highest BCUT2D eigenvalue weighted by Gasteiger charge is 2.16. The Morgan fingerprint density at radius 3 is 2.70 bits per heavy atom. The minimum absolute atomic E-state index is 0.550. The second-order valence-electron chi connectivity index (χ2n) is 5.35. The molecule has 3 heterocycles. The van der Waals surface area contributed by atoms with Crippen molar-refractivity contribution in [2.75, 3.05) is 0 Å². The molecule has 0 atom stereocenters. The van der Waals surface area contributed by atoms with Crippen LogP contribution in [0.4, 0.5) is 0 Å². The maximum atomic E-state index is 5.76. The number of hydrogen-bond acceptors (Lipinski definition) is 4. The van der Waals surface area contributed by atoms with Crippen LogP contribution in [-0.2, 0) is 13.0 Å². The number of para-hydroxylation sites is 1. The molecule has 0 radical (unpaired) electrons. The van der Waals surface area contributed by atoms with E-state index in [4.69, 9.17) is 4.42 Å². The van der Waals surface area contributed by atoms with E-state index in [2.05, 4.69) is 37.9 Å². The topological polar surface area (TPSA) is 56.7 Å². The van der Waals surface area contributed by atoms with E-state index in [-0.39, 0.29) is 0 Å². The highest BCUT2D eigenvalue weighted by molar-refractivity contribution is 5.85. The van der Waals surface area contributed by atoms with Crippen LogP contribution >= 0.6 is 0 Å². The molecule has 0 saturated carbocycles. The lowest BCUT2D eigenvalue weighted by molar-refractivity contribution is 0.508. The average Bonchev–Trinajstić information content (AvgIpc) is 3.21. The van der Waals surface area contributed by atoms with Gasteiger partial charge in [0, 0.05) is 23.5 Å². The Bertz CT molecular complexity index is 940. The second kappa shape index (κ2) is 5.68. The first-order chi connectivity index (χ1) is 11.3. The van der Waals surface area contributed by atoms with Crippen molar-refractivity contribution in [2.24, 2.45) is 0 Å². The van der Waals surface area contributed by atoms with Crippen molar-refractivity contribution < 1.29 is 4.42 Å². The molecule has 3 aromatic heterocycles. The van der Waals surface area contributed by atoms with Gasteiger partial charge in [-0.15, -0.1) is 10.2 Å². The Balaban J connectivity index is 1.87. The number of fused-ring (bicyclic) bond motifs is 1. The largest absolute Gasteiger partial charge is 0.419 e. The molecule has 0 aliphatic rings. The highest BCUT2D eigenvalue weighted by atomic mass is 16.4. The van der Waals surface area contributed by atoms with E-state index in [0.29, 0.717) is 18.3 Å². The molecule has 0 N–H and O–H groups in total. The van der Waals surface area contributed by atoms with E-state index in [1.807, 2.05) is 43.5 Å². The predicted molar refractivity (Wildman–Crippen MR) is 87.9 cm³/mol. The molecule has 4 aromatic rings. The molecule has 23 heavy (non-hydrogen) atoms. The number of benzene rings is 1. The van der Waals surface area contributed by atoms with Crippen LogP contribution in [0.2, 0.25) is 0 Å². The molecule has 0 saturated heterocycles. The number of aryl methyl sites for hydroxylation is 1. The van der Waals surface area contributed by atoms with Crippen molar-refractivity contribution in [2.45, 2.75) is 19.9 Å². The first-order valence-corrected chi connectivity index (χ1v) is 7.66. The van der Waals surface area contributed by atoms with Gasteiger partial charge in [-0.2, -0.15) is 0 Å². The normalized spacial score (nSPS) is 11.2. The number of rotatable bonds is 4. The Labute approximate surface area is 133 Å². The maximum absolute atomic E-state index is 5.76. The van der Waals surface area contributed by atoms with Gasteiger partial charge in [0.15, 0.2) is 0 Å². The summed E-state index contributed by atoms with van der Waals surface area (Å²) in [5.74, 6) is 1.20. The number of pyridine rings is 1. The molecule has 0 unspecified atom stereocenters. The number of aromatic nitrogens is 4. The van der Waals surface area contributed by atoms with Gasteiger partial charge in [0.2, 0.25) is 5.89 Å². The fourth-order valence-corrected chi connectivity index (χ4v) is 2.71. The molecule has 0 aliphatic carbocycles. The molecule has 0 aliphatic heterocycles. The molecule has 5 heteroatoms. The van der Waals surface area contributed by atoms with Crippen LogP contribution in [0.25, 0.3) is 22.5 Å². The van der Waals surface area contributed by atoms with Gasteiger partial charge in [-0.05, 0) is 24.3 Å². The van der Waals surface area contributed by atoms with E-state index in [1.54, 1.807) is 0 Å². The van der Waals surface area contributed by atoms with Crippen LogP contribution in [0.5, 0.6) is 0 Å². The zero-order valence-corrected chi connectivity index (χ0v) is 12.8. The van der Waals surface area contributed by atoms with Crippen LogP contribution in [0, 0.1) is 0 Å². The first-order valence-electron chi connectivity index (χ1n) is 7.66. The van der Waals surface area contributed by atoms with Gasteiger partial charge in [-0.3, -0.25) is 4.98 Å². The summed E-state index contributed by atoms with van der Waals surface area (Å²) in [6.45, 7) is 2.66. The fourth-order valence-electron chi connectivity index (χ4n) is 2.71. The van der Waals surface area contributed by atoms with Gasteiger partial charge in [-0.1, -0.05) is 31.2 Å². The molecule has 0 fully saturated rings. The zero-order valence-electron chi connectivity index (χ0n) is 12.8. The average molecular weight is 304 g/mol. The molecule has 1 aromatic carbocycles. The van der Waals surface area contributed by atoms with E-state index < -0.39 is 0 Å². The fraction of sp³-hybridized carbons (Fsp3) is 0.167. The van der Waals surface area contributed by atoms with Crippen LogP contribution in [-0.4, -0.2) is 19.7 Å². The lowest BCUT2D eigenvalue weighted by Crippen LogP contribution is -2.03. The Morgan fingerprint density at radius 2 is 1.91 bits per heavy atom. The molecule has 4 rings (SSSR count). The van der Waals surface area contributed by atoms with Crippen molar-refractivity contribution in [3.63, 3.8) is 0 Å². The summed E-state index contributed by atoms with van der Waals surface area (Å²) in [5.41, 5.74) is 3.04. The second-order valence-corrected chi connectivity index (χ2v) is 5.35. The van der Waals surface area contributed by atoms with E-state index in [0.717, 1.165) is 28.7 Å². The van der Waals surface area contributed by atoms with Gasteiger partial charge < -0.3 is 8.98 Å². The molecule has 0 spiro atoms. The van der Waals surface area contributed by atoms with Crippen molar-refractivity contribution in [3.05, 3.63) is 66.3 Å². The first kappa shape index (κ1) is 13.7. The summed E-state index contributed by atoms with van der Waals surface area (Å²) in [7, 11) is 0. The molecule has 5 nitrogen and oxygen atoms in total. The Hall–Kier alpha value is -2.95. The van der Waals surface area contributed by atoms with Crippen molar-refractivity contribution >= 4 is 10.9 Å². The quantitative estimate of drug-likeness (QED) is 0.577. The summed E-state index contributed by atoms with van der Waals surface area (Å²) in [6, 6.07) is 16.3. The standard InChI is InChI=1S/C18H16N4O/c1-2-17-20-21-18(23-17)16-11-13-7-3-4-9-15(13)22(16)12-14-8-5-6-10-19-14/h3-11H,2,12H2,1H3. The van der Waals surface area contributed by atoms with E-state index in [9.17, 15) is 0 Å².